The van der Waals surface area contributed by atoms with Crippen molar-refractivity contribution in [2.45, 2.75) is 18.3 Å². The first-order chi connectivity index (χ1) is 6.86. The zero-order valence-electron chi connectivity index (χ0n) is 7.85. The maximum atomic E-state index is 5.79. The average molecular weight is 188 g/mol. The number of hydrogen-bond donors (Lipinski definition) is 1. The zero-order valence-corrected chi connectivity index (χ0v) is 7.85. The van der Waals surface area contributed by atoms with Crippen LogP contribution in [-0.4, -0.2) is 20.9 Å². The molecule has 0 aromatic carbocycles. The van der Waals surface area contributed by atoms with Gasteiger partial charge >= 0.3 is 0 Å². The van der Waals surface area contributed by atoms with E-state index in [1.54, 1.807) is 12.4 Å². The Balaban J connectivity index is 2.22. The van der Waals surface area contributed by atoms with Gasteiger partial charge in [-0.25, -0.2) is 4.98 Å². The molecule has 3 rings (SSSR count). The highest BCUT2D eigenvalue weighted by Crippen LogP contribution is 2.46. The van der Waals surface area contributed by atoms with E-state index in [4.69, 9.17) is 5.73 Å². The molecule has 14 heavy (non-hydrogen) atoms. The zero-order chi connectivity index (χ0) is 9.60. The van der Waals surface area contributed by atoms with Gasteiger partial charge in [-0.05, 0) is 12.8 Å². The molecule has 72 valence electrons. The maximum Gasteiger partial charge on any atom is 0.155 e. The van der Waals surface area contributed by atoms with Gasteiger partial charge in [-0.2, -0.15) is 0 Å². The summed E-state index contributed by atoms with van der Waals surface area (Å²) < 4.78 is 2.09. The van der Waals surface area contributed by atoms with E-state index in [2.05, 4.69) is 14.4 Å². The summed E-state index contributed by atoms with van der Waals surface area (Å²) in [6.45, 7) is 0.711. The summed E-state index contributed by atoms with van der Waals surface area (Å²) in [5.41, 5.74) is 8.13. The number of imidazole rings is 1. The van der Waals surface area contributed by atoms with Crippen LogP contribution in [0.5, 0.6) is 0 Å². The van der Waals surface area contributed by atoms with Gasteiger partial charge in [-0.1, -0.05) is 0 Å². The minimum absolute atomic E-state index is 0.195. The number of fused-ring (bicyclic) bond motifs is 1. The Kier molecular flexibility index (Phi) is 1.44. The Labute approximate surface area is 81.8 Å². The predicted octanol–water partition coefficient (Wildman–Crippen LogP) is 0.720. The summed E-state index contributed by atoms with van der Waals surface area (Å²) in [4.78, 5) is 8.36. The third-order valence-electron chi connectivity index (χ3n) is 3.10. The first kappa shape index (κ1) is 7.94. The highest BCUT2D eigenvalue weighted by molar-refractivity contribution is 5.41. The van der Waals surface area contributed by atoms with Crippen molar-refractivity contribution < 1.29 is 0 Å². The molecule has 2 aromatic heterocycles. The molecule has 0 bridgehead atoms. The van der Waals surface area contributed by atoms with Crippen molar-refractivity contribution in [3.63, 3.8) is 0 Å². The summed E-state index contributed by atoms with van der Waals surface area (Å²) in [5.74, 6) is 0. The smallest absolute Gasteiger partial charge is 0.155 e. The highest BCUT2D eigenvalue weighted by atomic mass is 15.0. The molecule has 2 aromatic rings. The molecule has 4 nitrogen and oxygen atoms in total. The lowest BCUT2D eigenvalue weighted by molar-refractivity contribution is 0.670. The monoisotopic (exact) mass is 188 g/mol. The van der Waals surface area contributed by atoms with E-state index in [1.165, 1.54) is 18.5 Å². The van der Waals surface area contributed by atoms with Crippen molar-refractivity contribution in [3.8, 4) is 0 Å². The van der Waals surface area contributed by atoms with Crippen LogP contribution in [0.2, 0.25) is 0 Å². The van der Waals surface area contributed by atoms with Gasteiger partial charge in [0.2, 0.25) is 0 Å². The Morgan fingerprint density at radius 1 is 1.43 bits per heavy atom. The van der Waals surface area contributed by atoms with Crippen LogP contribution in [0.15, 0.2) is 24.8 Å². The topological polar surface area (TPSA) is 56.2 Å². The SMILES string of the molecule is NCC1(c2cnc3cnccn23)CC1. The summed E-state index contributed by atoms with van der Waals surface area (Å²) in [6.07, 6.45) is 9.80. The number of nitrogens with zero attached hydrogens (tertiary/aromatic N) is 3. The maximum absolute atomic E-state index is 5.79. The average Bonchev–Trinajstić information content (AvgIpc) is 2.91. The van der Waals surface area contributed by atoms with Crippen molar-refractivity contribution in [2.75, 3.05) is 6.54 Å². The molecule has 1 aliphatic carbocycles. The molecule has 1 saturated carbocycles. The standard InChI is InChI=1S/C10H12N4/c11-7-10(1-2-10)8-5-13-9-6-12-3-4-14(8)9/h3-6H,1-2,7,11H2. The summed E-state index contributed by atoms with van der Waals surface area (Å²) >= 11 is 0. The van der Waals surface area contributed by atoms with Crippen LogP contribution in [0.1, 0.15) is 18.5 Å². The first-order valence-electron chi connectivity index (χ1n) is 4.83. The van der Waals surface area contributed by atoms with E-state index in [1.807, 2.05) is 12.4 Å². The summed E-state index contributed by atoms with van der Waals surface area (Å²) in [7, 11) is 0. The number of rotatable bonds is 2. The molecule has 0 radical (unpaired) electrons. The van der Waals surface area contributed by atoms with Gasteiger partial charge in [0.25, 0.3) is 0 Å². The molecule has 1 fully saturated rings. The summed E-state index contributed by atoms with van der Waals surface area (Å²) in [6, 6.07) is 0. The van der Waals surface area contributed by atoms with Crippen LogP contribution in [0.4, 0.5) is 0 Å². The van der Waals surface area contributed by atoms with Crippen LogP contribution in [0, 0.1) is 0 Å². The van der Waals surface area contributed by atoms with Gasteiger partial charge in [0.15, 0.2) is 5.65 Å². The molecular weight excluding hydrogens is 176 g/mol. The fourth-order valence-corrected chi connectivity index (χ4v) is 1.95. The van der Waals surface area contributed by atoms with Crippen molar-refractivity contribution >= 4 is 5.65 Å². The summed E-state index contributed by atoms with van der Waals surface area (Å²) in [5, 5.41) is 0. The molecule has 1 aliphatic rings. The van der Waals surface area contributed by atoms with Gasteiger partial charge in [-0.15, -0.1) is 0 Å². The quantitative estimate of drug-likeness (QED) is 0.755. The van der Waals surface area contributed by atoms with E-state index in [0.29, 0.717) is 6.54 Å². The molecular formula is C10H12N4. The lowest BCUT2D eigenvalue weighted by Gasteiger charge is -2.10. The Morgan fingerprint density at radius 2 is 2.29 bits per heavy atom. The third-order valence-corrected chi connectivity index (χ3v) is 3.10. The van der Waals surface area contributed by atoms with Crippen LogP contribution in [0.25, 0.3) is 5.65 Å². The molecule has 2 N–H and O–H groups in total. The highest BCUT2D eigenvalue weighted by Gasteiger charge is 2.45. The normalized spacial score (nSPS) is 18.6. The second-order valence-electron chi connectivity index (χ2n) is 3.93. The molecule has 0 spiro atoms. The Bertz CT molecular complexity index is 470. The van der Waals surface area contributed by atoms with Crippen LogP contribution >= 0.6 is 0 Å². The van der Waals surface area contributed by atoms with E-state index in [0.717, 1.165) is 5.65 Å². The van der Waals surface area contributed by atoms with Gasteiger partial charge in [-0.3, -0.25) is 4.98 Å². The number of hydrogen-bond acceptors (Lipinski definition) is 3. The van der Waals surface area contributed by atoms with Gasteiger partial charge in [0, 0.05) is 36.2 Å². The Hall–Kier alpha value is -1.42. The Morgan fingerprint density at radius 3 is 3.00 bits per heavy atom. The van der Waals surface area contributed by atoms with Crippen molar-refractivity contribution in [3.05, 3.63) is 30.5 Å². The fraction of sp³-hybridized carbons (Fsp3) is 0.400. The van der Waals surface area contributed by atoms with Gasteiger partial charge in [0.1, 0.15) is 0 Å². The van der Waals surface area contributed by atoms with Crippen LogP contribution in [-0.2, 0) is 5.41 Å². The molecule has 0 saturated heterocycles. The van der Waals surface area contributed by atoms with E-state index in [9.17, 15) is 0 Å². The van der Waals surface area contributed by atoms with E-state index in [-0.39, 0.29) is 5.41 Å². The van der Waals surface area contributed by atoms with Crippen molar-refractivity contribution in [1.82, 2.24) is 14.4 Å². The van der Waals surface area contributed by atoms with Crippen molar-refractivity contribution in [2.24, 2.45) is 5.73 Å². The van der Waals surface area contributed by atoms with E-state index < -0.39 is 0 Å². The molecule has 0 atom stereocenters. The minimum Gasteiger partial charge on any atom is -0.330 e. The molecule has 0 amide bonds. The lowest BCUT2D eigenvalue weighted by atomic mass is 10.0. The van der Waals surface area contributed by atoms with Crippen LogP contribution < -0.4 is 5.73 Å². The third kappa shape index (κ3) is 0.915. The second kappa shape index (κ2) is 2.54. The largest absolute Gasteiger partial charge is 0.330 e. The minimum atomic E-state index is 0.195. The van der Waals surface area contributed by atoms with Gasteiger partial charge in [0.05, 0.1) is 6.20 Å². The second-order valence-corrected chi connectivity index (χ2v) is 3.93. The molecule has 2 heterocycles. The van der Waals surface area contributed by atoms with E-state index >= 15 is 0 Å². The molecule has 0 unspecified atom stereocenters. The molecule has 4 heteroatoms. The predicted molar refractivity (Wildman–Crippen MR) is 53.0 cm³/mol. The van der Waals surface area contributed by atoms with Gasteiger partial charge < -0.3 is 10.1 Å². The van der Waals surface area contributed by atoms with Crippen molar-refractivity contribution in [1.29, 1.82) is 0 Å². The first-order valence-corrected chi connectivity index (χ1v) is 4.83. The van der Waals surface area contributed by atoms with Crippen LogP contribution in [0.3, 0.4) is 0 Å². The number of nitrogens with two attached hydrogens (primary N) is 1. The fourth-order valence-electron chi connectivity index (χ4n) is 1.95. The lowest BCUT2D eigenvalue weighted by Crippen LogP contribution is -2.21. The number of aromatic nitrogens is 3. The molecule has 0 aliphatic heterocycles.